The first-order chi connectivity index (χ1) is 9.06. The van der Waals surface area contributed by atoms with Gasteiger partial charge in [-0.05, 0) is 30.9 Å². The first-order valence-corrected chi connectivity index (χ1v) is 7.71. The highest BCUT2D eigenvalue weighted by atomic mass is 32.2. The topological polar surface area (TPSA) is 17.1 Å². The molecule has 1 nitrogen and oxygen atoms in total. The molecule has 0 radical (unpaired) electrons. The van der Waals surface area contributed by atoms with Gasteiger partial charge in [0.25, 0.3) is 0 Å². The molecule has 1 aromatic rings. The fourth-order valence-corrected chi connectivity index (χ4v) is 3.86. The van der Waals surface area contributed by atoms with Crippen molar-refractivity contribution in [2.75, 3.05) is 5.75 Å². The van der Waals surface area contributed by atoms with Gasteiger partial charge >= 0.3 is 0 Å². The minimum atomic E-state index is -0.761. The number of halogens is 2. The maximum atomic E-state index is 13.5. The fraction of sp³-hybridized carbons (Fsp3) is 0.533. The van der Waals surface area contributed by atoms with Crippen LogP contribution in [-0.2, 0) is 0 Å². The lowest BCUT2D eigenvalue weighted by Crippen LogP contribution is -2.17. The molecule has 2 atom stereocenters. The molecule has 1 fully saturated rings. The monoisotopic (exact) mass is 284 g/mol. The molecule has 0 N–H and O–H groups in total. The Hall–Kier alpha value is -0.900. The minimum Gasteiger partial charge on any atom is -0.293 e. The summed E-state index contributed by atoms with van der Waals surface area (Å²) < 4.78 is 26.2. The van der Waals surface area contributed by atoms with Crippen molar-refractivity contribution in [2.24, 2.45) is 5.92 Å². The summed E-state index contributed by atoms with van der Waals surface area (Å²) in [7, 11) is 0. The molecule has 0 heterocycles. The van der Waals surface area contributed by atoms with Crippen LogP contribution >= 0.6 is 11.8 Å². The van der Waals surface area contributed by atoms with Crippen LogP contribution in [0.5, 0.6) is 0 Å². The highest BCUT2D eigenvalue weighted by Crippen LogP contribution is 2.32. The SMILES string of the molecule is CC1CCCC(SCC(=O)c2ccc(F)cc2F)C1. The molecule has 0 amide bonds. The van der Waals surface area contributed by atoms with E-state index in [1.807, 2.05) is 0 Å². The number of rotatable bonds is 4. The Bertz CT molecular complexity index is 461. The molecule has 4 heteroatoms. The Kier molecular flexibility index (Phi) is 4.97. The summed E-state index contributed by atoms with van der Waals surface area (Å²) in [6.07, 6.45) is 4.73. The second kappa shape index (κ2) is 6.51. The number of Topliss-reactive ketones (excluding diaryl/α,β-unsaturated/α-hetero) is 1. The second-order valence-electron chi connectivity index (χ2n) is 5.25. The maximum absolute atomic E-state index is 13.5. The summed E-state index contributed by atoms with van der Waals surface area (Å²) in [5.41, 5.74) is -0.00208. The molecule has 2 rings (SSSR count). The molecule has 1 aliphatic rings. The van der Waals surface area contributed by atoms with E-state index >= 15 is 0 Å². The van der Waals surface area contributed by atoms with Crippen molar-refractivity contribution >= 4 is 17.5 Å². The number of carbonyl (C=O) groups is 1. The zero-order valence-electron chi connectivity index (χ0n) is 11.0. The number of hydrogen-bond acceptors (Lipinski definition) is 2. The Balaban J connectivity index is 1.90. The first-order valence-electron chi connectivity index (χ1n) is 6.66. The highest BCUT2D eigenvalue weighted by Gasteiger charge is 2.21. The van der Waals surface area contributed by atoms with E-state index in [9.17, 15) is 13.6 Å². The summed E-state index contributed by atoms with van der Waals surface area (Å²) >= 11 is 1.61. The third-order valence-corrected chi connectivity index (χ3v) is 4.90. The molecule has 19 heavy (non-hydrogen) atoms. The normalized spacial score (nSPS) is 23.3. The van der Waals surface area contributed by atoms with Crippen LogP contribution < -0.4 is 0 Å². The van der Waals surface area contributed by atoms with Gasteiger partial charge in [0.2, 0.25) is 0 Å². The van der Waals surface area contributed by atoms with Crippen molar-refractivity contribution in [1.29, 1.82) is 0 Å². The van der Waals surface area contributed by atoms with Crippen LogP contribution in [0.25, 0.3) is 0 Å². The number of benzene rings is 1. The Morgan fingerprint density at radius 2 is 2.16 bits per heavy atom. The second-order valence-corrected chi connectivity index (χ2v) is 6.54. The number of hydrogen-bond donors (Lipinski definition) is 0. The minimum absolute atomic E-state index is 0.00208. The van der Waals surface area contributed by atoms with Gasteiger partial charge in [0.1, 0.15) is 11.6 Å². The summed E-state index contributed by atoms with van der Waals surface area (Å²) in [5, 5.41) is 0.496. The van der Waals surface area contributed by atoms with Crippen LogP contribution in [0.1, 0.15) is 43.0 Å². The molecule has 1 aromatic carbocycles. The van der Waals surface area contributed by atoms with Gasteiger partial charge in [0, 0.05) is 11.3 Å². The van der Waals surface area contributed by atoms with Crippen molar-refractivity contribution in [2.45, 2.75) is 37.9 Å². The molecular formula is C15H18F2OS. The third kappa shape index (κ3) is 4.03. The highest BCUT2D eigenvalue weighted by molar-refractivity contribution is 8.00. The van der Waals surface area contributed by atoms with E-state index in [1.165, 1.54) is 18.9 Å². The van der Waals surface area contributed by atoms with E-state index in [-0.39, 0.29) is 17.1 Å². The van der Waals surface area contributed by atoms with Crippen molar-refractivity contribution in [3.63, 3.8) is 0 Å². The van der Waals surface area contributed by atoms with Crippen molar-refractivity contribution in [1.82, 2.24) is 0 Å². The van der Waals surface area contributed by atoms with Crippen LogP contribution in [0, 0.1) is 17.6 Å². The summed E-state index contributed by atoms with van der Waals surface area (Å²) in [6, 6.07) is 3.13. The molecule has 1 aliphatic carbocycles. The quantitative estimate of drug-likeness (QED) is 0.759. The molecule has 0 bridgehead atoms. The van der Waals surface area contributed by atoms with E-state index in [0.717, 1.165) is 25.0 Å². The van der Waals surface area contributed by atoms with Gasteiger partial charge in [-0.1, -0.05) is 19.8 Å². The van der Waals surface area contributed by atoms with E-state index in [4.69, 9.17) is 0 Å². The van der Waals surface area contributed by atoms with Crippen LogP contribution in [-0.4, -0.2) is 16.8 Å². The third-order valence-electron chi connectivity index (χ3n) is 3.57. The summed E-state index contributed by atoms with van der Waals surface area (Å²) in [4.78, 5) is 11.9. The van der Waals surface area contributed by atoms with Crippen LogP contribution in [0.4, 0.5) is 8.78 Å². The zero-order valence-corrected chi connectivity index (χ0v) is 11.8. The Morgan fingerprint density at radius 3 is 2.84 bits per heavy atom. The molecular weight excluding hydrogens is 266 g/mol. The molecule has 0 aliphatic heterocycles. The van der Waals surface area contributed by atoms with Gasteiger partial charge in [-0.25, -0.2) is 8.78 Å². The molecule has 0 saturated heterocycles. The summed E-state index contributed by atoms with van der Waals surface area (Å²) in [6.45, 7) is 2.23. The Morgan fingerprint density at radius 1 is 1.37 bits per heavy atom. The number of carbonyl (C=O) groups excluding carboxylic acids is 1. The smallest absolute Gasteiger partial charge is 0.175 e. The number of ketones is 1. The van der Waals surface area contributed by atoms with Gasteiger partial charge in [0.15, 0.2) is 5.78 Å². The molecule has 0 aromatic heterocycles. The van der Waals surface area contributed by atoms with Gasteiger partial charge in [0.05, 0.1) is 11.3 Å². The molecule has 104 valence electrons. The lowest BCUT2D eigenvalue weighted by molar-refractivity contribution is 0.101. The van der Waals surface area contributed by atoms with E-state index in [1.54, 1.807) is 11.8 Å². The maximum Gasteiger partial charge on any atom is 0.175 e. The van der Waals surface area contributed by atoms with Gasteiger partial charge < -0.3 is 0 Å². The predicted molar refractivity (Wildman–Crippen MR) is 74.6 cm³/mol. The molecule has 2 unspecified atom stereocenters. The van der Waals surface area contributed by atoms with Crippen molar-refractivity contribution < 1.29 is 13.6 Å². The van der Waals surface area contributed by atoms with Gasteiger partial charge in [-0.3, -0.25) is 4.79 Å². The Labute approximate surface area is 116 Å². The lowest BCUT2D eigenvalue weighted by atomic mass is 9.91. The predicted octanol–water partition coefficient (Wildman–Crippen LogP) is 4.46. The average Bonchev–Trinajstić information content (AvgIpc) is 2.36. The molecule has 1 saturated carbocycles. The number of thioether (sulfide) groups is 1. The largest absolute Gasteiger partial charge is 0.293 e. The van der Waals surface area contributed by atoms with E-state index in [2.05, 4.69) is 6.92 Å². The first kappa shape index (κ1) is 14.5. The van der Waals surface area contributed by atoms with E-state index < -0.39 is 11.6 Å². The molecule has 0 spiro atoms. The van der Waals surface area contributed by atoms with E-state index in [0.29, 0.717) is 11.2 Å². The van der Waals surface area contributed by atoms with Gasteiger partial charge in [-0.2, -0.15) is 11.8 Å². The van der Waals surface area contributed by atoms with Crippen molar-refractivity contribution in [3.05, 3.63) is 35.4 Å². The fourth-order valence-electron chi connectivity index (χ4n) is 2.52. The summed E-state index contributed by atoms with van der Waals surface area (Å²) in [5.74, 6) is -0.671. The lowest BCUT2D eigenvalue weighted by Gasteiger charge is -2.25. The van der Waals surface area contributed by atoms with Crippen LogP contribution in [0.2, 0.25) is 0 Å². The standard InChI is InChI=1S/C15H18F2OS/c1-10-3-2-4-12(7-10)19-9-15(18)13-6-5-11(16)8-14(13)17/h5-6,8,10,12H,2-4,7,9H2,1H3. The average molecular weight is 284 g/mol. The zero-order chi connectivity index (χ0) is 13.8. The van der Waals surface area contributed by atoms with Gasteiger partial charge in [-0.15, -0.1) is 0 Å². The van der Waals surface area contributed by atoms with Crippen LogP contribution in [0.15, 0.2) is 18.2 Å². The van der Waals surface area contributed by atoms with Crippen LogP contribution in [0.3, 0.4) is 0 Å². The van der Waals surface area contributed by atoms with Crippen molar-refractivity contribution in [3.8, 4) is 0 Å².